The van der Waals surface area contributed by atoms with Crippen molar-refractivity contribution < 1.29 is 0 Å². The van der Waals surface area contributed by atoms with E-state index in [-0.39, 0.29) is 6.04 Å². The van der Waals surface area contributed by atoms with Gasteiger partial charge in [0.25, 0.3) is 0 Å². The summed E-state index contributed by atoms with van der Waals surface area (Å²) in [7, 11) is 0. The van der Waals surface area contributed by atoms with Gasteiger partial charge in [0.2, 0.25) is 0 Å². The molecular weight excluding hydrogens is 825 g/mol. The highest BCUT2D eigenvalue weighted by Crippen LogP contribution is 2.43. The molecule has 14 rings (SSSR count). The molecule has 0 spiro atoms. The second-order valence-electron chi connectivity index (χ2n) is 18.0. The average Bonchev–Trinajstić information content (AvgIpc) is 3.93. The first-order valence-corrected chi connectivity index (χ1v) is 23.4. The van der Waals surface area contributed by atoms with E-state index in [0.29, 0.717) is 0 Å². The molecule has 4 nitrogen and oxygen atoms in total. The molecule has 0 radical (unpaired) electrons. The summed E-state index contributed by atoms with van der Waals surface area (Å²) in [5.41, 5.74) is 16.9. The molecule has 318 valence electrons. The van der Waals surface area contributed by atoms with Crippen molar-refractivity contribution in [2.24, 2.45) is 4.99 Å². The van der Waals surface area contributed by atoms with Gasteiger partial charge in [-0.2, -0.15) is 0 Å². The van der Waals surface area contributed by atoms with Crippen LogP contribution in [-0.2, 0) is 0 Å². The van der Waals surface area contributed by atoms with Gasteiger partial charge in [0, 0.05) is 32.9 Å². The summed E-state index contributed by atoms with van der Waals surface area (Å²) in [6, 6.07) is 88.2. The van der Waals surface area contributed by atoms with Crippen molar-refractivity contribution >= 4 is 82.2 Å². The SMILES string of the molecule is c1ccc(C2=Nc3cc(-n4c5ccccc5c5ccc(-c6ccc7c8ccccc8n(-c8ccc(-c9cc%10ccccc%10c%10ccccc9%10)cc8)c7c6)cc54)ccc3NC2c2ccccc2)cc1. The highest BCUT2D eigenvalue weighted by atomic mass is 15.0. The lowest BCUT2D eigenvalue weighted by Crippen LogP contribution is -2.25. The van der Waals surface area contributed by atoms with Gasteiger partial charge in [0.1, 0.15) is 0 Å². The molecule has 11 aromatic carbocycles. The number of benzene rings is 11. The molecule has 1 aliphatic heterocycles. The molecule has 0 saturated carbocycles. The largest absolute Gasteiger partial charge is 0.371 e. The number of rotatable bonds is 6. The number of nitrogens with one attached hydrogen (secondary N) is 1. The number of fused-ring (bicyclic) bond motifs is 10. The maximum absolute atomic E-state index is 5.43. The highest BCUT2D eigenvalue weighted by Gasteiger charge is 2.26. The topological polar surface area (TPSA) is 34.2 Å². The molecule has 1 unspecified atom stereocenters. The molecule has 1 aliphatic rings. The van der Waals surface area contributed by atoms with Crippen LogP contribution in [0, 0.1) is 0 Å². The van der Waals surface area contributed by atoms with Crippen LogP contribution in [0.5, 0.6) is 0 Å². The zero-order chi connectivity index (χ0) is 44.7. The predicted octanol–water partition coefficient (Wildman–Crippen LogP) is 16.8. The summed E-state index contributed by atoms with van der Waals surface area (Å²) in [5.74, 6) is 0. The fourth-order valence-corrected chi connectivity index (χ4v) is 11.0. The molecule has 0 aliphatic carbocycles. The maximum atomic E-state index is 5.43. The van der Waals surface area contributed by atoms with Crippen LogP contribution in [0.4, 0.5) is 11.4 Å². The van der Waals surface area contributed by atoms with E-state index in [1.807, 2.05) is 0 Å². The quantitative estimate of drug-likeness (QED) is 0.166. The summed E-state index contributed by atoms with van der Waals surface area (Å²) < 4.78 is 4.84. The highest BCUT2D eigenvalue weighted by molar-refractivity contribution is 6.15. The van der Waals surface area contributed by atoms with Gasteiger partial charge in [0.15, 0.2) is 0 Å². The third-order valence-corrected chi connectivity index (χ3v) is 14.1. The smallest absolute Gasteiger partial charge is 0.0947 e. The van der Waals surface area contributed by atoms with E-state index < -0.39 is 0 Å². The second-order valence-corrected chi connectivity index (χ2v) is 18.0. The minimum absolute atomic E-state index is 0.0701. The van der Waals surface area contributed by atoms with Gasteiger partial charge in [-0.1, -0.05) is 182 Å². The summed E-state index contributed by atoms with van der Waals surface area (Å²) in [5, 5.41) is 13.9. The third-order valence-electron chi connectivity index (χ3n) is 14.1. The molecule has 3 heterocycles. The second kappa shape index (κ2) is 15.3. The van der Waals surface area contributed by atoms with Crippen molar-refractivity contribution in [3.63, 3.8) is 0 Å². The Labute approximate surface area is 393 Å². The zero-order valence-electron chi connectivity index (χ0n) is 37.0. The van der Waals surface area contributed by atoms with Gasteiger partial charge in [-0.25, -0.2) is 4.99 Å². The minimum Gasteiger partial charge on any atom is -0.371 e. The number of anilines is 1. The van der Waals surface area contributed by atoms with Gasteiger partial charge in [-0.15, -0.1) is 0 Å². The number of hydrogen-bond acceptors (Lipinski definition) is 2. The Bertz CT molecular complexity index is 4160. The predicted molar refractivity (Wildman–Crippen MR) is 286 cm³/mol. The van der Waals surface area contributed by atoms with Gasteiger partial charge >= 0.3 is 0 Å². The van der Waals surface area contributed by atoms with E-state index in [0.717, 1.165) is 50.6 Å². The van der Waals surface area contributed by atoms with Crippen LogP contribution in [0.2, 0.25) is 0 Å². The van der Waals surface area contributed by atoms with Crippen molar-refractivity contribution in [3.8, 4) is 33.6 Å². The maximum Gasteiger partial charge on any atom is 0.0947 e. The fourth-order valence-electron chi connectivity index (χ4n) is 11.0. The molecule has 4 heteroatoms. The van der Waals surface area contributed by atoms with Crippen molar-refractivity contribution in [2.75, 3.05) is 5.32 Å². The van der Waals surface area contributed by atoms with Gasteiger partial charge in [-0.3, -0.25) is 0 Å². The molecule has 0 bridgehead atoms. The number of aliphatic imine (C=N–C) groups is 1. The Kier molecular flexibility index (Phi) is 8.62. The van der Waals surface area contributed by atoms with Crippen LogP contribution in [-0.4, -0.2) is 14.8 Å². The van der Waals surface area contributed by atoms with Crippen molar-refractivity contribution in [1.29, 1.82) is 0 Å². The molecule has 13 aromatic rings. The normalized spacial score (nSPS) is 13.6. The van der Waals surface area contributed by atoms with Crippen LogP contribution in [0.3, 0.4) is 0 Å². The van der Waals surface area contributed by atoms with Crippen LogP contribution >= 0.6 is 0 Å². The van der Waals surface area contributed by atoms with Crippen LogP contribution in [0.15, 0.2) is 248 Å². The molecule has 0 fully saturated rings. The summed E-state index contributed by atoms with van der Waals surface area (Å²) >= 11 is 0. The molecule has 0 saturated heterocycles. The molecule has 1 N–H and O–H groups in total. The van der Waals surface area contributed by atoms with Crippen LogP contribution in [0.1, 0.15) is 17.2 Å². The van der Waals surface area contributed by atoms with E-state index in [4.69, 9.17) is 4.99 Å². The first kappa shape index (κ1) is 38.3. The molecule has 68 heavy (non-hydrogen) atoms. The number of aromatic nitrogens is 2. The van der Waals surface area contributed by atoms with Crippen molar-refractivity contribution in [2.45, 2.75) is 6.04 Å². The van der Waals surface area contributed by atoms with E-state index in [2.05, 4.69) is 257 Å². The fraction of sp³-hybridized carbons (Fsp3) is 0.0156. The summed E-state index contributed by atoms with van der Waals surface area (Å²) in [4.78, 5) is 5.43. The van der Waals surface area contributed by atoms with Crippen molar-refractivity contribution in [1.82, 2.24) is 9.13 Å². The van der Waals surface area contributed by atoms with Gasteiger partial charge in [0.05, 0.1) is 45.2 Å². The van der Waals surface area contributed by atoms with Crippen molar-refractivity contribution in [3.05, 3.63) is 254 Å². The number of para-hydroxylation sites is 2. The molecular formula is C64H42N4. The first-order valence-electron chi connectivity index (χ1n) is 23.4. The third kappa shape index (κ3) is 6.04. The van der Waals surface area contributed by atoms with E-state index in [9.17, 15) is 0 Å². The van der Waals surface area contributed by atoms with Crippen LogP contribution in [0.25, 0.3) is 98.8 Å². The Morgan fingerprint density at radius 3 is 1.53 bits per heavy atom. The average molecular weight is 867 g/mol. The lowest BCUT2D eigenvalue weighted by atomic mass is 9.93. The lowest BCUT2D eigenvalue weighted by Gasteiger charge is -2.28. The zero-order valence-corrected chi connectivity index (χ0v) is 37.0. The standard InChI is InChI=1S/C64H42N4/c1-3-15-42(16-4-1)63-64(43-17-5-2-6-18-43)66-58-40-48(33-36-57(58)65-63)68-60-26-14-12-24-53(60)55-35-30-45(39-62(55)68)44-29-34-54-52-23-11-13-25-59(52)67(61(54)38-44)47-31-27-41(28-32-47)56-37-46-19-7-8-20-49(46)50-21-9-10-22-51(50)56/h1-40,63,65H. The Hall–Kier alpha value is -8.99. The number of nitrogens with zero attached hydrogens (tertiary/aromatic N) is 3. The first-order chi connectivity index (χ1) is 33.7. The van der Waals surface area contributed by atoms with E-state index >= 15 is 0 Å². The molecule has 2 aromatic heterocycles. The molecule has 1 atom stereocenters. The summed E-state index contributed by atoms with van der Waals surface area (Å²) in [6.07, 6.45) is 0. The number of hydrogen-bond donors (Lipinski definition) is 1. The Morgan fingerprint density at radius 2 is 0.853 bits per heavy atom. The van der Waals surface area contributed by atoms with Crippen LogP contribution < -0.4 is 5.32 Å². The van der Waals surface area contributed by atoms with Gasteiger partial charge in [-0.05, 0) is 116 Å². The Balaban J connectivity index is 0.893. The van der Waals surface area contributed by atoms with E-state index in [1.165, 1.54) is 76.4 Å². The lowest BCUT2D eigenvalue weighted by molar-refractivity contribution is 1.01. The Morgan fingerprint density at radius 1 is 0.338 bits per heavy atom. The van der Waals surface area contributed by atoms with E-state index in [1.54, 1.807) is 0 Å². The molecule has 0 amide bonds. The summed E-state index contributed by atoms with van der Waals surface area (Å²) in [6.45, 7) is 0. The monoisotopic (exact) mass is 866 g/mol. The minimum atomic E-state index is -0.0701. The van der Waals surface area contributed by atoms with Gasteiger partial charge < -0.3 is 14.5 Å².